The lowest BCUT2D eigenvalue weighted by atomic mass is 10.2. The number of benzene rings is 1. The van der Waals surface area contributed by atoms with Crippen LogP contribution in [0.2, 0.25) is 0 Å². The summed E-state index contributed by atoms with van der Waals surface area (Å²) in [5.74, 6) is -1.68. The highest BCUT2D eigenvalue weighted by molar-refractivity contribution is 5.90. The summed E-state index contributed by atoms with van der Waals surface area (Å²) in [7, 11) is 0. The van der Waals surface area contributed by atoms with E-state index in [1.807, 2.05) is 18.2 Å². The van der Waals surface area contributed by atoms with E-state index in [0.717, 1.165) is 5.56 Å². The fourth-order valence-corrected chi connectivity index (χ4v) is 1.77. The fraction of sp³-hybridized carbons (Fsp3) is 0.412. The number of rotatable bonds is 9. The molecule has 9 heteroatoms. The minimum absolute atomic E-state index is 0.0806. The Bertz CT molecular complexity index is 620. The van der Waals surface area contributed by atoms with Gasteiger partial charge in [0.05, 0.1) is 13.2 Å². The van der Waals surface area contributed by atoms with Gasteiger partial charge < -0.3 is 25.4 Å². The molecule has 1 rings (SSSR count). The number of carbonyl (C=O) groups is 4. The third-order valence-corrected chi connectivity index (χ3v) is 3.10. The minimum atomic E-state index is -0.892. The molecule has 3 N–H and O–H groups in total. The van der Waals surface area contributed by atoms with Crippen molar-refractivity contribution in [3.63, 3.8) is 0 Å². The van der Waals surface area contributed by atoms with Gasteiger partial charge in [-0.15, -0.1) is 0 Å². The summed E-state index contributed by atoms with van der Waals surface area (Å²) in [6.07, 6.45) is -0.747. The Morgan fingerprint density at radius 1 is 1.00 bits per heavy atom. The van der Waals surface area contributed by atoms with E-state index in [4.69, 9.17) is 4.74 Å². The normalized spacial score (nSPS) is 11.0. The lowest BCUT2D eigenvalue weighted by Crippen LogP contribution is -2.48. The van der Waals surface area contributed by atoms with Crippen LogP contribution in [0.15, 0.2) is 30.3 Å². The van der Waals surface area contributed by atoms with Crippen LogP contribution in [-0.2, 0) is 30.5 Å². The summed E-state index contributed by atoms with van der Waals surface area (Å²) < 4.78 is 9.65. The van der Waals surface area contributed by atoms with E-state index < -0.39 is 29.9 Å². The summed E-state index contributed by atoms with van der Waals surface area (Å²) in [6, 6.07) is 8.20. The lowest BCUT2D eigenvalue weighted by molar-refractivity contribution is -0.143. The molecule has 26 heavy (non-hydrogen) atoms. The van der Waals surface area contributed by atoms with E-state index in [1.54, 1.807) is 19.1 Å². The van der Waals surface area contributed by atoms with Gasteiger partial charge in [0.1, 0.15) is 19.2 Å². The van der Waals surface area contributed by atoms with Crippen LogP contribution in [-0.4, -0.2) is 49.6 Å². The second-order valence-corrected chi connectivity index (χ2v) is 5.23. The molecule has 0 spiro atoms. The van der Waals surface area contributed by atoms with Crippen LogP contribution in [0.5, 0.6) is 0 Å². The van der Waals surface area contributed by atoms with Crippen molar-refractivity contribution in [2.75, 3.05) is 19.7 Å². The number of hydrogen-bond donors (Lipinski definition) is 3. The van der Waals surface area contributed by atoms with Crippen molar-refractivity contribution in [2.24, 2.45) is 0 Å². The van der Waals surface area contributed by atoms with Crippen LogP contribution in [0.4, 0.5) is 4.79 Å². The molecule has 0 unspecified atom stereocenters. The van der Waals surface area contributed by atoms with Crippen molar-refractivity contribution in [1.82, 2.24) is 16.0 Å². The lowest BCUT2D eigenvalue weighted by Gasteiger charge is -2.14. The van der Waals surface area contributed by atoms with Gasteiger partial charge in [-0.25, -0.2) is 4.79 Å². The van der Waals surface area contributed by atoms with Gasteiger partial charge in [0.2, 0.25) is 11.8 Å². The quantitative estimate of drug-likeness (QED) is 0.533. The molecule has 0 aliphatic carbocycles. The maximum absolute atomic E-state index is 11.8. The number of nitrogens with one attached hydrogen (secondary N) is 3. The van der Waals surface area contributed by atoms with E-state index in [2.05, 4.69) is 20.7 Å². The second kappa shape index (κ2) is 11.5. The molecule has 142 valence electrons. The predicted octanol–water partition coefficient (Wildman–Crippen LogP) is 0.0968. The highest BCUT2D eigenvalue weighted by atomic mass is 16.5. The Morgan fingerprint density at radius 3 is 2.35 bits per heavy atom. The summed E-state index contributed by atoms with van der Waals surface area (Å²) in [6.45, 7) is 2.80. The molecule has 1 atom stereocenters. The van der Waals surface area contributed by atoms with E-state index in [1.165, 1.54) is 6.92 Å². The molecule has 9 nitrogen and oxygen atoms in total. The van der Waals surface area contributed by atoms with Crippen LogP contribution in [0.25, 0.3) is 0 Å². The van der Waals surface area contributed by atoms with Crippen molar-refractivity contribution in [1.29, 1.82) is 0 Å². The Balaban J connectivity index is 2.23. The average molecular weight is 365 g/mol. The Kier molecular flexibility index (Phi) is 9.23. The number of alkyl carbamates (subject to hydrolysis) is 1. The minimum Gasteiger partial charge on any atom is -0.465 e. The van der Waals surface area contributed by atoms with Crippen LogP contribution in [0.3, 0.4) is 0 Å². The highest BCUT2D eigenvalue weighted by Crippen LogP contribution is 2.00. The van der Waals surface area contributed by atoms with Crippen molar-refractivity contribution >= 4 is 23.9 Å². The molecular weight excluding hydrogens is 342 g/mol. The van der Waals surface area contributed by atoms with Gasteiger partial charge in [-0.3, -0.25) is 14.4 Å². The molecule has 3 amide bonds. The van der Waals surface area contributed by atoms with Crippen LogP contribution in [0, 0.1) is 0 Å². The molecule has 0 aliphatic heterocycles. The topological polar surface area (TPSA) is 123 Å². The summed E-state index contributed by atoms with van der Waals surface area (Å²) >= 11 is 0. The third kappa shape index (κ3) is 8.67. The molecule has 0 saturated heterocycles. The molecule has 0 heterocycles. The molecule has 0 aliphatic rings. The van der Waals surface area contributed by atoms with Gasteiger partial charge in [0, 0.05) is 0 Å². The number of esters is 1. The third-order valence-electron chi connectivity index (χ3n) is 3.10. The molecule has 0 aromatic heterocycles. The Labute approximate surface area is 151 Å². The number of amides is 3. The van der Waals surface area contributed by atoms with Crippen LogP contribution >= 0.6 is 0 Å². The molecule has 0 radical (unpaired) electrons. The van der Waals surface area contributed by atoms with Gasteiger partial charge in [0.15, 0.2) is 0 Å². The molecular formula is C17H23N3O6. The Morgan fingerprint density at radius 2 is 1.69 bits per heavy atom. The molecule has 1 aromatic rings. The zero-order chi connectivity index (χ0) is 19.4. The fourth-order valence-electron chi connectivity index (χ4n) is 1.77. The van der Waals surface area contributed by atoms with Crippen molar-refractivity contribution in [2.45, 2.75) is 26.5 Å². The summed E-state index contributed by atoms with van der Waals surface area (Å²) in [5.41, 5.74) is 0.818. The largest absolute Gasteiger partial charge is 0.465 e. The van der Waals surface area contributed by atoms with Gasteiger partial charge >= 0.3 is 12.1 Å². The van der Waals surface area contributed by atoms with Crippen molar-refractivity contribution in [3.8, 4) is 0 Å². The van der Waals surface area contributed by atoms with E-state index in [9.17, 15) is 19.2 Å². The highest BCUT2D eigenvalue weighted by Gasteiger charge is 2.17. The van der Waals surface area contributed by atoms with E-state index in [-0.39, 0.29) is 26.3 Å². The second-order valence-electron chi connectivity index (χ2n) is 5.23. The average Bonchev–Trinajstić information content (AvgIpc) is 2.63. The van der Waals surface area contributed by atoms with Gasteiger partial charge in [-0.1, -0.05) is 30.3 Å². The molecule has 0 bridgehead atoms. The predicted molar refractivity (Wildman–Crippen MR) is 91.9 cm³/mol. The Hall–Kier alpha value is -3.10. The standard InChI is InChI=1S/C17H23N3O6/c1-3-25-15(22)10-18-14(21)9-19-16(23)12(2)20-17(24)26-11-13-7-5-4-6-8-13/h4-8,12H,3,9-11H2,1-2H3,(H,18,21)(H,19,23)(H,20,24)/t12-/m0/s1. The molecule has 0 fully saturated rings. The first-order chi connectivity index (χ1) is 12.4. The van der Waals surface area contributed by atoms with Crippen molar-refractivity contribution in [3.05, 3.63) is 35.9 Å². The first kappa shape index (κ1) is 20.9. The summed E-state index contributed by atoms with van der Waals surface area (Å²) in [4.78, 5) is 46.1. The van der Waals surface area contributed by atoms with Gasteiger partial charge in [-0.05, 0) is 19.4 Å². The van der Waals surface area contributed by atoms with Crippen molar-refractivity contribution < 1.29 is 28.7 Å². The van der Waals surface area contributed by atoms with Gasteiger partial charge in [-0.2, -0.15) is 0 Å². The summed E-state index contributed by atoms with van der Waals surface area (Å²) in [5, 5.41) is 7.01. The first-order valence-corrected chi connectivity index (χ1v) is 8.09. The SMILES string of the molecule is CCOC(=O)CNC(=O)CNC(=O)[C@H](C)NC(=O)OCc1ccccc1. The maximum atomic E-state index is 11.8. The van der Waals surface area contributed by atoms with Gasteiger partial charge in [0.25, 0.3) is 0 Å². The monoisotopic (exact) mass is 365 g/mol. The number of ether oxygens (including phenoxy) is 2. The zero-order valence-electron chi connectivity index (χ0n) is 14.7. The van der Waals surface area contributed by atoms with Crippen LogP contribution in [0.1, 0.15) is 19.4 Å². The number of carbonyl (C=O) groups excluding carboxylic acids is 4. The molecule has 1 aromatic carbocycles. The smallest absolute Gasteiger partial charge is 0.408 e. The van der Waals surface area contributed by atoms with Crippen LogP contribution < -0.4 is 16.0 Å². The zero-order valence-corrected chi connectivity index (χ0v) is 14.7. The van der Waals surface area contributed by atoms with E-state index >= 15 is 0 Å². The molecule has 0 saturated carbocycles. The first-order valence-electron chi connectivity index (χ1n) is 8.09. The number of hydrogen-bond acceptors (Lipinski definition) is 6. The van der Waals surface area contributed by atoms with E-state index in [0.29, 0.717) is 0 Å². The maximum Gasteiger partial charge on any atom is 0.408 e.